The Hall–Kier alpha value is -0.660. The SMILES string of the molecule is C/C=C(/CCOP(=O)(OOO)[P+](=O)O)CC(=O)O. The summed E-state index contributed by atoms with van der Waals surface area (Å²) in [6, 6.07) is 0. The van der Waals surface area contributed by atoms with E-state index in [0.717, 1.165) is 0 Å². The van der Waals surface area contributed by atoms with E-state index in [1.807, 2.05) is 0 Å². The number of rotatable bonds is 9. The summed E-state index contributed by atoms with van der Waals surface area (Å²) in [5.41, 5.74) is 0.479. The summed E-state index contributed by atoms with van der Waals surface area (Å²) in [7, 11) is -7.84. The van der Waals surface area contributed by atoms with Crippen LogP contribution in [0.25, 0.3) is 0 Å². The first kappa shape index (κ1) is 17.3. The molecule has 9 nitrogen and oxygen atoms in total. The molecule has 3 N–H and O–H groups in total. The fourth-order valence-electron chi connectivity index (χ4n) is 0.963. The van der Waals surface area contributed by atoms with Crippen molar-refractivity contribution in [1.29, 1.82) is 0 Å². The first-order valence-electron chi connectivity index (χ1n) is 4.62. The Morgan fingerprint density at radius 3 is 2.50 bits per heavy atom. The van der Waals surface area contributed by atoms with Crippen LogP contribution in [-0.4, -0.2) is 27.8 Å². The molecule has 0 radical (unpaired) electrons. The van der Waals surface area contributed by atoms with Crippen molar-refractivity contribution in [2.45, 2.75) is 19.8 Å². The zero-order chi connectivity index (χ0) is 14.2. The van der Waals surface area contributed by atoms with Crippen LogP contribution in [0.5, 0.6) is 0 Å². The molecule has 0 rings (SSSR count). The van der Waals surface area contributed by atoms with E-state index >= 15 is 0 Å². The van der Waals surface area contributed by atoms with Crippen LogP contribution in [0.2, 0.25) is 0 Å². The van der Waals surface area contributed by atoms with E-state index < -0.39 is 21.0 Å². The second-order valence-electron chi connectivity index (χ2n) is 2.97. The van der Waals surface area contributed by atoms with Crippen LogP contribution in [0.1, 0.15) is 19.8 Å². The van der Waals surface area contributed by atoms with Crippen molar-refractivity contribution in [3.63, 3.8) is 0 Å². The van der Waals surface area contributed by atoms with Crippen molar-refractivity contribution in [3.05, 3.63) is 11.6 Å². The standard InChI is InChI=1S/C7H12O9P2/c1-2-6(5-7(8)9)3-4-14-18(13,16-15-10)17(11)12/h2H,3-5H2,1H3,(H2-,8,9,10,11,12)/p+1/b6-2-. The summed E-state index contributed by atoms with van der Waals surface area (Å²) in [5.74, 6) is -1.05. The zero-order valence-electron chi connectivity index (χ0n) is 9.38. The molecule has 0 amide bonds. The summed E-state index contributed by atoms with van der Waals surface area (Å²) in [6.07, 6.45) is 1.38. The molecule has 18 heavy (non-hydrogen) atoms. The fourth-order valence-corrected chi connectivity index (χ4v) is 2.37. The molecule has 0 aromatic carbocycles. The molecule has 0 aromatic heterocycles. The maximum atomic E-state index is 11.4. The molecule has 0 aliphatic heterocycles. The predicted molar refractivity (Wildman–Crippen MR) is 58.8 cm³/mol. The Balaban J connectivity index is 4.34. The molecule has 0 aliphatic carbocycles. The normalized spacial score (nSPS) is 16.2. The van der Waals surface area contributed by atoms with Gasteiger partial charge in [0.2, 0.25) is 0 Å². The highest BCUT2D eigenvalue weighted by molar-refractivity contribution is 8.20. The van der Waals surface area contributed by atoms with E-state index in [9.17, 15) is 13.9 Å². The lowest BCUT2D eigenvalue weighted by atomic mass is 10.1. The maximum absolute atomic E-state index is 11.4. The van der Waals surface area contributed by atoms with E-state index in [-0.39, 0.29) is 19.4 Å². The van der Waals surface area contributed by atoms with E-state index in [1.165, 1.54) is 6.08 Å². The first-order valence-corrected chi connectivity index (χ1v) is 8.08. The lowest BCUT2D eigenvalue weighted by molar-refractivity contribution is -0.441. The summed E-state index contributed by atoms with van der Waals surface area (Å²) in [5, 5.41) is 19.5. The largest absolute Gasteiger partial charge is 0.635 e. The monoisotopic (exact) mass is 303 g/mol. The van der Waals surface area contributed by atoms with Gasteiger partial charge in [0.1, 0.15) is 0 Å². The number of hydrogen-bond donors (Lipinski definition) is 3. The molecule has 0 heterocycles. The average Bonchev–Trinajstić information content (AvgIpc) is 2.27. The smallest absolute Gasteiger partial charge is 0.481 e. The van der Waals surface area contributed by atoms with Gasteiger partial charge in [-0.25, -0.2) is 9.82 Å². The molecule has 2 atom stereocenters. The molecule has 0 saturated carbocycles. The van der Waals surface area contributed by atoms with Crippen LogP contribution in [0, 0.1) is 0 Å². The van der Waals surface area contributed by atoms with E-state index in [2.05, 4.69) is 14.2 Å². The van der Waals surface area contributed by atoms with Gasteiger partial charge in [-0.2, -0.15) is 4.89 Å². The number of hydrogen-bond acceptors (Lipinski definition) is 7. The van der Waals surface area contributed by atoms with E-state index in [0.29, 0.717) is 5.57 Å². The second-order valence-corrected chi connectivity index (χ2v) is 7.32. The molecular formula is C7H13O9P2+. The minimum absolute atomic E-state index is 0.0742. The van der Waals surface area contributed by atoms with E-state index in [1.54, 1.807) is 6.92 Å². The van der Waals surface area contributed by atoms with Crippen molar-refractivity contribution in [3.8, 4) is 0 Å². The van der Waals surface area contributed by atoms with Gasteiger partial charge in [0.25, 0.3) is 0 Å². The Labute approximate surface area is 103 Å². The Morgan fingerprint density at radius 1 is 1.50 bits per heavy atom. The molecule has 2 unspecified atom stereocenters. The average molecular weight is 303 g/mol. The highest BCUT2D eigenvalue weighted by Gasteiger charge is 2.51. The molecule has 0 fully saturated rings. The van der Waals surface area contributed by atoms with Gasteiger partial charge in [0.15, 0.2) is 0 Å². The number of carboxylic acids is 1. The topological polar surface area (TPSA) is 140 Å². The van der Waals surface area contributed by atoms with Crippen molar-refractivity contribution < 1.29 is 43.4 Å². The molecule has 11 heteroatoms. The van der Waals surface area contributed by atoms with Crippen LogP contribution in [0.15, 0.2) is 11.6 Å². The molecule has 0 bridgehead atoms. The molecule has 0 aliphatic rings. The third-order valence-corrected chi connectivity index (χ3v) is 4.79. The summed E-state index contributed by atoms with van der Waals surface area (Å²) < 4.78 is 30.3. The van der Waals surface area contributed by atoms with Crippen molar-refractivity contribution in [2.75, 3.05) is 6.61 Å². The first-order chi connectivity index (χ1) is 8.35. The highest BCUT2D eigenvalue weighted by Crippen LogP contribution is 2.68. The van der Waals surface area contributed by atoms with Gasteiger partial charge in [0.05, 0.1) is 13.0 Å². The zero-order valence-corrected chi connectivity index (χ0v) is 11.2. The molecule has 0 saturated heterocycles. The minimum atomic E-state index is -4.47. The molecule has 104 valence electrons. The van der Waals surface area contributed by atoms with E-state index in [4.69, 9.17) is 15.3 Å². The number of carbonyl (C=O) groups is 1. The highest BCUT2D eigenvalue weighted by atomic mass is 32.1. The molecule has 0 aromatic rings. The van der Waals surface area contributed by atoms with Gasteiger partial charge >= 0.3 is 21.0 Å². The number of allylic oxidation sites excluding steroid dienone is 1. The van der Waals surface area contributed by atoms with Gasteiger partial charge in [0, 0.05) is 0 Å². The quantitative estimate of drug-likeness (QED) is 0.252. The second kappa shape index (κ2) is 8.44. The van der Waals surface area contributed by atoms with Crippen LogP contribution in [-0.2, 0) is 28.2 Å². The summed E-state index contributed by atoms with van der Waals surface area (Å²) >= 11 is 0. The van der Waals surface area contributed by atoms with Crippen molar-refractivity contribution >= 4 is 21.0 Å². The predicted octanol–water partition coefficient (Wildman–Crippen LogP) is 2.08. The van der Waals surface area contributed by atoms with Crippen LogP contribution in [0.4, 0.5) is 0 Å². The van der Waals surface area contributed by atoms with Gasteiger partial charge < -0.3 is 5.11 Å². The van der Waals surface area contributed by atoms with Crippen molar-refractivity contribution in [2.24, 2.45) is 0 Å². The summed E-state index contributed by atoms with van der Waals surface area (Å²) in [4.78, 5) is 19.1. The molecule has 0 spiro atoms. The van der Waals surface area contributed by atoms with Crippen LogP contribution in [0.3, 0.4) is 0 Å². The minimum Gasteiger partial charge on any atom is -0.481 e. The third-order valence-electron chi connectivity index (χ3n) is 1.80. The van der Waals surface area contributed by atoms with Gasteiger partial charge in [-0.3, -0.25) is 9.32 Å². The lowest BCUT2D eigenvalue weighted by Gasteiger charge is -2.05. The van der Waals surface area contributed by atoms with Crippen LogP contribution < -0.4 is 0 Å². The Bertz CT molecular complexity index is 377. The number of carboxylic acid groups (broad SMARTS) is 1. The summed E-state index contributed by atoms with van der Waals surface area (Å²) in [6.45, 7) is 1.28. The fraction of sp³-hybridized carbons (Fsp3) is 0.571. The van der Waals surface area contributed by atoms with Gasteiger partial charge in [-0.05, 0) is 17.9 Å². The Kier molecular flexibility index (Phi) is 8.13. The van der Waals surface area contributed by atoms with Crippen molar-refractivity contribution in [1.82, 2.24) is 0 Å². The third kappa shape index (κ3) is 6.32. The Morgan fingerprint density at radius 2 is 2.11 bits per heavy atom. The van der Waals surface area contributed by atoms with Crippen LogP contribution >= 0.6 is 15.0 Å². The molecular weight excluding hydrogens is 290 g/mol. The number of aliphatic carboxylic acids is 1. The van der Waals surface area contributed by atoms with Gasteiger partial charge in [-0.15, -0.1) is 0 Å². The van der Waals surface area contributed by atoms with Gasteiger partial charge in [-0.1, -0.05) is 21.4 Å². The maximum Gasteiger partial charge on any atom is 0.635 e. The lowest BCUT2D eigenvalue weighted by Crippen LogP contribution is -2.01.